The van der Waals surface area contributed by atoms with Gasteiger partial charge in [-0.25, -0.2) is 0 Å². The Labute approximate surface area is 132 Å². The zero-order chi connectivity index (χ0) is 16.1. The van der Waals surface area contributed by atoms with Gasteiger partial charge in [-0.1, -0.05) is 23.9 Å². The van der Waals surface area contributed by atoms with E-state index in [1.165, 1.54) is 11.8 Å². The molecule has 0 fully saturated rings. The molecule has 0 bridgehead atoms. The highest BCUT2D eigenvalue weighted by atomic mass is 32.2. The molecule has 0 spiro atoms. The summed E-state index contributed by atoms with van der Waals surface area (Å²) in [6, 6.07) is 6.84. The number of nitrogens with two attached hydrogens (primary N) is 1. The fourth-order valence-electron chi connectivity index (χ4n) is 1.81. The third-order valence-corrected chi connectivity index (χ3v) is 3.85. The van der Waals surface area contributed by atoms with Crippen molar-refractivity contribution in [1.82, 2.24) is 14.8 Å². The number of hydrogen-bond acceptors (Lipinski definition) is 5. The van der Waals surface area contributed by atoms with Crippen molar-refractivity contribution in [2.24, 2.45) is 5.73 Å². The van der Waals surface area contributed by atoms with Gasteiger partial charge in [0, 0.05) is 6.04 Å². The van der Waals surface area contributed by atoms with Crippen LogP contribution in [-0.2, 0) is 4.79 Å². The molecule has 116 valence electrons. The molecule has 7 nitrogen and oxygen atoms in total. The molecule has 2 rings (SSSR count). The van der Waals surface area contributed by atoms with Crippen molar-refractivity contribution in [3.8, 4) is 0 Å². The summed E-state index contributed by atoms with van der Waals surface area (Å²) in [7, 11) is 0. The normalized spacial score (nSPS) is 10.7. The third kappa shape index (κ3) is 3.85. The predicted molar refractivity (Wildman–Crippen MR) is 84.7 cm³/mol. The first kappa shape index (κ1) is 16.0. The predicted octanol–water partition coefficient (Wildman–Crippen LogP) is 1.69. The average molecular weight is 319 g/mol. The Morgan fingerprint density at radius 3 is 2.77 bits per heavy atom. The summed E-state index contributed by atoms with van der Waals surface area (Å²) in [6.07, 6.45) is 1.63. The summed E-state index contributed by atoms with van der Waals surface area (Å²) in [5.74, 6) is -0.654. The maximum absolute atomic E-state index is 12.0. The molecule has 3 N–H and O–H groups in total. The lowest BCUT2D eigenvalue weighted by Gasteiger charge is -2.10. The first-order valence-electron chi connectivity index (χ1n) is 6.70. The van der Waals surface area contributed by atoms with E-state index in [9.17, 15) is 9.59 Å². The fourth-order valence-corrected chi connectivity index (χ4v) is 2.66. The third-order valence-electron chi connectivity index (χ3n) is 2.90. The second kappa shape index (κ2) is 7.08. The largest absolute Gasteiger partial charge is 0.366 e. The van der Waals surface area contributed by atoms with E-state index in [1.807, 2.05) is 18.4 Å². The molecule has 0 atom stereocenters. The SMILES string of the molecule is CC(C)n1cnnc1SCC(=O)Nc1ccccc1C(N)=O. The first-order valence-corrected chi connectivity index (χ1v) is 7.68. The van der Waals surface area contributed by atoms with Gasteiger partial charge in [0.2, 0.25) is 5.91 Å². The summed E-state index contributed by atoms with van der Waals surface area (Å²) >= 11 is 1.28. The molecule has 2 aromatic rings. The highest BCUT2D eigenvalue weighted by Gasteiger charge is 2.13. The van der Waals surface area contributed by atoms with E-state index in [0.29, 0.717) is 10.8 Å². The highest BCUT2D eigenvalue weighted by Crippen LogP contribution is 2.20. The molecule has 0 aliphatic rings. The second-order valence-electron chi connectivity index (χ2n) is 4.86. The molecule has 0 saturated heterocycles. The van der Waals surface area contributed by atoms with Crippen LogP contribution in [-0.4, -0.2) is 32.3 Å². The first-order chi connectivity index (χ1) is 10.5. The van der Waals surface area contributed by atoms with Gasteiger partial charge < -0.3 is 15.6 Å². The van der Waals surface area contributed by atoms with Crippen LogP contribution in [0.4, 0.5) is 5.69 Å². The van der Waals surface area contributed by atoms with Crippen molar-refractivity contribution in [3.05, 3.63) is 36.2 Å². The van der Waals surface area contributed by atoms with Crippen molar-refractivity contribution in [2.45, 2.75) is 25.0 Å². The Hall–Kier alpha value is -2.35. The zero-order valence-electron chi connectivity index (χ0n) is 12.3. The topological polar surface area (TPSA) is 103 Å². The van der Waals surface area contributed by atoms with Gasteiger partial charge in [-0.15, -0.1) is 10.2 Å². The molecule has 0 saturated carbocycles. The molecule has 0 aliphatic carbocycles. The van der Waals surface area contributed by atoms with Crippen molar-refractivity contribution < 1.29 is 9.59 Å². The summed E-state index contributed by atoms with van der Waals surface area (Å²) in [5.41, 5.74) is 5.97. The number of nitrogens with zero attached hydrogens (tertiary/aromatic N) is 3. The fraction of sp³-hybridized carbons (Fsp3) is 0.286. The van der Waals surface area contributed by atoms with Gasteiger partial charge in [0.25, 0.3) is 5.91 Å². The monoisotopic (exact) mass is 319 g/mol. The van der Waals surface area contributed by atoms with Crippen molar-refractivity contribution in [3.63, 3.8) is 0 Å². The van der Waals surface area contributed by atoms with E-state index in [2.05, 4.69) is 15.5 Å². The number of carbonyl (C=O) groups excluding carboxylic acids is 2. The van der Waals surface area contributed by atoms with Crippen LogP contribution in [0.1, 0.15) is 30.2 Å². The van der Waals surface area contributed by atoms with Gasteiger partial charge in [0.05, 0.1) is 17.0 Å². The number of rotatable bonds is 6. The minimum absolute atomic E-state index is 0.165. The van der Waals surface area contributed by atoms with Crippen LogP contribution < -0.4 is 11.1 Å². The minimum atomic E-state index is -0.580. The molecule has 8 heteroatoms. The van der Waals surface area contributed by atoms with Crippen LogP contribution >= 0.6 is 11.8 Å². The van der Waals surface area contributed by atoms with Gasteiger partial charge in [-0.2, -0.15) is 0 Å². The molecule has 0 aliphatic heterocycles. The zero-order valence-corrected chi connectivity index (χ0v) is 13.1. The van der Waals surface area contributed by atoms with Gasteiger partial charge in [-0.05, 0) is 26.0 Å². The number of carbonyl (C=O) groups is 2. The number of benzene rings is 1. The van der Waals surface area contributed by atoms with Crippen molar-refractivity contribution >= 4 is 29.3 Å². The van der Waals surface area contributed by atoms with Crippen LogP contribution in [0.25, 0.3) is 0 Å². The molecular formula is C14H17N5O2S. The minimum Gasteiger partial charge on any atom is -0.366 e. The van der Waals surface area contributed by atoms with Crippen LogP contribution in [0, 0.1) is 0 Å². The van der Waals surface area contributed by atoms with Crippen molar-refractivity contribution in [2.75, 3.05) is 11.1 Å². The van der Waals surface area contributed by atoms with Crippen LogP contribution in [0.2, 0.25) is 0 Å². The Kier molecular flexibility index (Phi) is 5.16. The van der Waals surface area contributed by atoms with Crippen LogP contribution in [0.5, 0.6) is 0 Å². The van der Waals surface area contributed by atoms with Gasteiger partial charge in [-0.3, -0.25) is 9.59 Å². The quantitative estimate of drug-likeness (QED) is 0.789. The van der Waals surface area contributed by atoms with Gasteiger partial charge >= 0.3 is 0 Å². The lowest BCUT2D eigenvalue weighted by molar-refractivity contribution is -0.113. The molecule has 1 heterocycles. The lowest BCUT2D eigenvalue weighted by Crippen LogP contribution is -2.19. The number of hydrogen-bond donors (Lipinski definition) is 2. The Balaban J connectivity index is 1.99. The molecule has 1 aromatic heterocycles. The standard InChI is InChI=1S/C14H17N5O2S/c1-9(2)19-8-16-18-14(19)22-7-12(20)17-11-6-4-3-5-10(11)13(15)21/h3-6,8-9H,7H2,1-2H3,(H2,15,21)(H,17,20). The summed E-state index contributed by atoms with van der Waals surface area (Å²) in [6.45, 7) is 4.02. The van der Waals surface area contributed by atoms with E-state index in [0.717, 1.165) is 0 Å². The number of thioether (sulfide) groups is 1. The molecule has 0 radical (unpaired) electrons. The van der Waals surface area contributed by atoms with E-state index in [4.69, 9.17) is 5.73 Å². The average Bonchev–Trinajstić information content (AvgIpc) is 2.94. The number of aromatic nitrogens is 3. The van der Waals surface area contributed by atoms with E-state index < -0.39 is 5.91 Å². The Bertz CT molecular complexity index is 683. The summed E-state index contributed by atoms with van der Waals surface area (Å²) in [4.78, 5) is 23.3. The number of primary amides is 1. The van der Waals surface area contributed by atoms with Crippen LogP contribution in [0.15, 0.2) is 35.7 Å². The summed E-state index contributed by atoms with van der Waals surface area (Å²) < 4.78 is 1.88. The second-order valence-corrected chi connectivity index (χ2v) is 5.80. The number of para-hydroxylation sites is 1. The molecule has 2 amide bonds. The Morgan fingerprint density at radius 1 is 1.36 bits per heavy atom. The maximum Gasteiger partial charge on any atom is 0.250 e. The van der Waals surface area contributed by atoms with E-state index in [1.54, 1.807) is 30.6 Å². The van der Waals surface area contributed by atoms with E-state index >= 15 is 0 Å². The van der Waals surface area contributed by atoms with Gasteiger partial charge in [0.1, 0.15) is 6.33 Å². The molecule has 1 aromatic carbocycles. The molecule has 22 heavy (non-hydrogen) atoms. The smallest absolute Gasteiger partial charge is 0.250 e. The van der Waals surface area contributed by atoms with E-state index in [-0.39, 0.29) is 23.3 Å². The Morgan fingerprint density at radius 2 is 2.09 bits per heavy atom. The molecular weight excluding hydrogens is 302 g/mol. The number of amides is 2. The highest BCUT2D eigenvalue weighted by molar-refractivity contribution is 7.99. The van der Waals surface area contributed by atoms with Gasteiger partial charge in [0.15, 0.2) is 5.16 Å². The van der Waals surface area contributed by atoms with Crippen LogP contribution in [0.3, 0.4) is 0 Å². The van der Waals surface area contributed by atoms with Crippen molar-refractivity contribution in [1.29, 1.82) is 0 Å². The summed E-state index contributed by atoms with van der Waals surface area (Å²) in [5, 5.41) is 11.2. The number of anilines is 1. The lowest BCUT2D eigenvalue weighted by atomic mass is 10.1. The maximum atomic E-state index is 12.0. The molecule has 0 unspecified atom stereocenters. The number of nitrogens with one attached hydrogen (secondary N) is 1.